The summed E-state index contributed by atoms with van der Waals surface area (Å²) in [5.41, 5.74) is 2.50. The Kier molecular flexibility index (Phi) is 4.80. The largest absolute Gasteiger partial charge is 0.444 e. The molecule has 1 aromatic rings. The van der Waals surface area contributed by atoms with E-state index in [0.717, 1.165) is 19.3 Å². The normalized spacial score (nSPS) is 42.3. The number of nitrogens with zero attached hydrogens (tertiary/aromatic N) is 1. The molecule has 1 aliphatic heterocycles. The Morgan fingerprint density at radius 3 is 2.48 bits per heavy atom. The number of allylic oxidation sites excluding steroid dienone is 1. The van der Waals surface area contributed by atoms with E-state index in [-0.39, 0.29) is 28.8 Å². The third-order valence-corrected chi connectivity index (χ3v) is 10.5. The molecule has 7 atom stereocenters. The summed E-state index contributed by atoms with van der Waals surface area (Å²) in [5.74, 6) is 2.42. The number of fused-ring (bicyclic) bond motifs is 5. The highest BCUT2D eigenvalue weighted by atomic mass is 19.1. The zero-order chi connectivity index (χ0) is 23.0. The first kappa shape index (κ1) is 21.4. The molecule has 0 N–H and O–H groups in total. The summed E-state index contributed by atoms with van der Waals surface area (Å²) in [5, 5.41) is 0. The van der Waals surface area contributed by atoms with E-state index >= 15 is 0 Å². The number of ketones is 1. The number of anilines is 1. The maximum atomic E-state index is 13.4. The van der Waals surface area contributed by atoms with Gasteiger partial charge >= 0.3 is 6.09 Å². The Morgan fingerprint density at radius 1 is 0.939 bits per heavy atom. The number of carbonyl (C=O) groups is 2. The number of rotatable bonds is 2. The Bertz CT molecular complexity index is 1020. The van der Waals surface area contributed by atoms with E-state index in [2.05, 4.69) is 13.8 Å². The van der Waals surface area contributed by atoms with Crippen LogP contribution < -0.4 is 4.90 Å². The standard InChI is InChI=1S/C28H34FNO3/c1-27-13-11-20(31)15-17(27)3-8-21-22-9-10-24(28(22,2)14-12-23(21)27)25-16-30(26(32)33-25)19-6-4-18(29)5-7-19/h4-7,15,21-25H,3,8-14,16H2,1-2H3/t21-,22-,23-,24+,25?,27-,28-/m0/s1. The van der Waals surface area contributed by atoms with E-state index in [4.69, 9.17) is 4.74 Å². The summed E-state index contributed by atoms with van der Waals surface area (Å²) in [4.78, 5) is 26.5. The molecule has 1 heterocycles. The lowest BCUT2D eigenvalue weighted by molar-refractivity contribution is -0.117. The Morgan fingerprint density at radius 2 is 1.70 bits per heavy atom. The molecule has 5 heteroatoms. The number of carbonyl (C=O) groups excluding carboxylic acids is 2. The second kappa shape index (κ2) is 7.41. The molecule has 1 unspecified atom stereocenters. The summed E-state index contributed by atoms with van der Waals surface area (Å²) in [6.07, 6.45) is 10.2. The van der Waals surface area contributed by atoms with Gasteiger partial charge in [-0.2, -0.15) is 0 Å². The molecule has 5 aliphatic rings. The van der Waals surface area contributed by atoms with Crippen LogP contribution in [0.5, 0.6) is 0 Å². The first-order valence-electron chi connectivity index (χ1n) is 12.8. The van der Waals surface area contributed by atoms with Gasteiger partial charge in [0.1, 0.15) is 11.9 Å². The van der Waals surface area contributed by atoms with Crippen LogP contribution in [-0.2, 0) is 9.53 Å². The van der Waals surface area contributed by atoms with Crippen LogP contribution in [0.3, 0.4) is 0 Å². The van der Waals surface area contributed by atoms with Crippen molar-refractivity contribution in [3.8, 4) is 0 Å². The van der Waals surface area contributed by atoms with Gasteiger partial charge in [-0.1, -0.05) is 19.4 Å². The topological polar surface area (TPSA) is 46.6 Å². The van der Waals surface area contributed by atoms with Crippen LogP contribution >= 0.6 is 0 Å². The molecule has 4 aliphatic carbocycles. The van der Waals surface area contributed by atoms with Gasteiger partial charge < -0.3 is 4.74 Å². The quantitative estimate of drug-likeness (QED) is 0.530. The van der Waals surface area contributed by atoms with E-state index in [1.54, 1.807) is 17.0 Å². The van der Waals surface area contributed by atoms with E-state index in [9.17, 15) is 14.0 Å². The highest BCUT2D eigenvalue weighted by Gasteiger charge is 2.61. The predicted octanol–water partition coefficient (Wildman–Crippen LogP) is 6.30. The van der Waals surface area contributed by atoms with Crippen molar-refractivity contribution < 1.29 is 18.7 Å². The van der Waals surface area contributed by atoms with Crippen LogP contribution in [0.1, 0.15) is 65.2 Å². The second-order valence-electron chi connectivity index (χ2n) is 11.7. The zero-order valence-corrected chi connectivity index (χ0v) is 19.7. The third-order valence-electron chi connectivity index (χ3n) is 10.5. The summed E-state index contributed by atoms with van der Waals surface area (Å²) in [6, 6.07) is 6.11. The molecule has 0 bridgehead atoms. The summed E-state index contributed by atoms with van der Waals surface area (Å²) in [6.45, 7) is 5.44. The number of amides is 1. The van der Waals surface area contributed by atoms with Crippen molar-refractivity contribution in [3.05, 3.63) is 41.7 Å². The molecule has 0 aromatic heterocycles. The van der Waals surface area contributed by atoms with Gasteiger partial charge in [0.15, 0.2) is 5.78 Å². The minimum absolute atomic E-state index is 0.101. The number of cyclic esters (lactones) is 1. The maximum Gasteiger partial charge on any atom is 0.414 e. The van der Waals surface area contributed by atoms with E-state index in [0.29, 0.717) is 48.1 Å². The molecule has 33 heavy (non-hydrogen) atoms. The smallest absolute Gasteiger partial charge is 0.414 e. The minimum Gasteiger partial charge on any atom is -0.444 e. The van der Waals surface area contributed by atoms with Gasteiger partial charge in [0, 0.05) is 18.0 Å². The molecule has 0 radical (unpaired) electrons. The molecule has 6 rings (SSSR count). The van der Waals surface area contributed by atoms with Crippen molar-refractivity contribution in [1.29, 1.82) is 0 Å². The summed E-state index contributed by atoms with van der Waals surface area (Å²) in [7, 11) is 0. The van der Waals surface area contributed by atoms with E-state index < -0.39 is 0 Å². The van der Waals surface area contributed by atoms with Crippen molar-refractivity contribution in [3.63, 3.8) is 0 Å². The average Bonchev–Trinajstić information content (AvgIpc) is 3.34. The SMILES string of the molecule is C[C@]12CC[C@H]3[C@@H](CCC4=CC(=O)CC[C@@]43C)[C@@H]1CC[C@@H]2C1CN(c2ccc(F)cc2)C(=O)O1. The Hall–Kier alpha value is -2.17. The van der Waals surface area contributed by atoms with Crippen molar-refractivity contribution >= 4 is 17.6 Å². The van der Waals surface area contributed by atoms with Crippen LogP contribution in [-0.4, -0.2) is 24.5 Å². The molecule has 1 amide bonds. The third kappa shape index (κ3) is 3.14. The van der Waals surface area contributed by atoms with Crippen LogP contribution in [0.25, 0.3) is 0 Å². The highest BCUT2D eigenvalue weighted by Crippen LogP contribution is 2.67. The van der Waals surface area contributed by atoms with Crippen molar-refractivity contribution in [2.45, 2.75) is 71.3 Å². The van der Waals surface area contributed by atoms with Crippen LogP contribution in [0, 0.1) is 40.3 Å². The van der Waals surface area contributed by atoms with Gasteiger partial charge in [0.05, 0.1) is 6.54 Å². The molecular formula is C28H34FNO3. The molecule has 176 valence electrons. The zero-order valence-electron chi connectivity index (χ0n) is 19.7. The molecule has 3 saturated carbocycles. The lowest BCUT2D eigenvalue weighted by Gasteiger charge is -2.58. The van der Waals surface area contributed by atoms with Crippen molar-refractivity contribution in [2.24, 2.45) is 34.5 Å². The number of ether oxygens (including phenoxy) is 1. The number of benzene rings is 1. The Labute approximate surface area is 195 Å². The van der Waals surface area contributed by atoms with Gasteiger partial charge in [-0.15, -0.1) is 0 Å². The summed E-state index contributed by atoms with van der Waals surface area (Å²) >= 11 is 0. The highest BCUT2D eigenvalue weighted by molar-refractivity contribution is 5.91. The molecular weight excluding hydrogens is 417 g/mol. The average molecular weight is 452 g/mol. The predicted molar refractivity (Wildman–Crippen MR) is 124 cm³/mol. The maximum absolute atomic E-state index is 13.4. The first-order valence-corrected chi connectivity index (χ1v) is 12.8. The van der Waals surface area contributed by atoms with Gasteiger partial charge in [0.2, 0.25) is 0 Å². The Balaban J connectivity index is 1.23. The van der Waals surface area contributed by atoms with Crippen molar-refractivity contribution in [1.82, 2.24) is 0 Å². The fraction of sp³-hybridized carbons (Fsp3) is 0.643. The van der Waals surface area contributed by atoms with Crippen molar-refractivity contribution in [2.75, 3.05) is 11.4 Å². The van der Waals surface area contributed by atoms with Gasteiger partial charge in [-0.05, 0) is 104 Å². The summed E-state index contributed by atoms with van der Waals surface area (Å²) < 4.78 is 19.3. The van der Waals surface area contributed by atoms with E-state index in [1.807, 2.05) is 6.08 Å². The number of halogens is 1. The molecule has 0 spiro atoms. The fourth-order valence-corrected chi connectivity index (χ4v) is 8.74. The molecule has 4 fully saturated rings. The first-order chi connectivity index (χ1) is 15.8. The van der Waals surface area contributed by atoms with Gasteiger partial charge in [-0.3, -0.25) is 9.69 Å². The lowest BCUT2D eigenvalue weighted by Crippen LogP contribution is -2.51. The monoisotopic (exact) mass is 451 g/mol. The van der Waals surface area contributed by atoms with Gasteiger partial charge in [-0.25, -0.2) is 9.18 Å². The molecule has 1 saturated heterocycles. The van der Waals surface area contributed by atoms with Crippen LogP contribution in [0.15, 0.2) is 35.9 Å². The van der Waals surface area contributed by atoms with Gasteiger partial charge in [0.25, 0.3) is 0 Å². The second-order valence-corrected chi connectivity index (χ2v) is 11.7. The number of hydrogen-bond acceptors (Lipinski definition) is 3. The lowest BCUT2D eigenvalue weighted by atomic mass is 9.46. The fourth-order valence-electron chi connectivity index (χ4n) is 8.74. The molecule has 4 nitrogen and oxygen atoms in total. The van der Waals surface area contributed by atoms with E-state index in [1.165, 1.54) is 43.4 Å². The molecule has 1 aromatic carbocycles. The number of hydrogen-bond donors (Lipinski definition) is 0. The minimum atomic E-state index is -0.306. The van der Waals surface area contributed by atoms with Crippen LogP contribution in [0.4, 0.5) is 14.9 Å². The van der Waals surface area contributed by atoms with Crippen LogP contribution in [0.2, 0.25) is 0 Å².